The molecule has 7 heteroatoms. The topological polar surface area (TPSA) is 93.3 Å². The Morgan fingerprint density at radius 3 is 2.41 bits per heavy atom. The van der Waals surface area contributed by atoms with Crippen molar-refractivity contribution in [3.8, 4) is 11.4 Å². The van der Waals surface area contributed by atoms with Crippen LogP contribution in [0.15, 0.2) is 48.5 Å². The molecule has 0 saturated carbocycles. The number of carbonyl (C=O) groups is 2. The van der Waals surface area contributed by atoms with Crippen LogP contribution in [-0.4, -0.2) is 40.8 Å². The van der Waals surface area contributed by atoms with Gasteiger partial charge < -0.3 is 19.8 Å². The number of aromatic amines is 1. The molecule has 29 heavy (non-hydrogen) atoms. The fourth-order valence-electron chi connectivity index (χ4n) is 2.91. The number of nitrogens with zero attached hydrogens (tertiary/aromatic N) is 1. The minimum atomic E-state index is -0.841. The lowest BCUT2D eigenvalue weighted by atomic mass is 10.0. The molecule has 0 radical (unpaired) electrons. The molecule has 0 fully saturated rings. The first-order chi connectivity index (χ1) is 13.7. The second-order valence-corrected chi connectivity index (χ2v) is 7.73. The maximum atomic E-state index is 12.1. The van der Waals surface area contributed by atoms with Crippen LogP contribution in [0.2, 0.25) is 0 Å². The summed E-state index contributed by atoms with van der Waals surface area (Å²) in [6.45, 7) is 5.28. The predicted molar refractivity (Wildman–Crippen MR) is 110 cm³/mol. The summed E-state index contributed by atoms with van der Waals surface area (Å²) in [4.78, 5) is 32.0. The number of para-hydroxylation sites is 2. The highest BCUT2D eigenvalue weighted by Crippen LogP contribution is 2.21. The number of imidazole rings is 1. The number of benzene rings is 2. The lowest BCUT2D eigenvalue weighted by molar-refractivity contribution is -0.143. The minimum absolute atomic E-state index is 0.284. The molecule has 7 nitrogen and oxygen atoms in total. The fraction of sp³-hybridized carbons (Fsp3) is 0.318. The summed E-state index contributed by atoms with van der Waals surface area (Å²) in [6, 6.07) is 14.6. The first-order valence-corrected chi connectivity index (χ1v) is 9.36. The zero-order chi connectivity index (χ0) is 21.0. The quantitative estimate of drug-likeness (QED) is 0.640. The van der Waals surface area contributed by atoms with Gasteiger partial charge in [-0.3, -0.25) is 0 Å². The maximum absolute atomic E-state index is 12.1. The summed E-state index contributed by atoms with van der Waals surface area (Å²) in [5.41, 5.74) is 3.02. The van der Waals surface area contributed by atoms with Crippen molar-refractivity contribution < 1.29 is 19.1 Å². The summed E-state index contributed by atoms with van der Waals surface area (Å²) in [7, 11) is 1.29. The molecule has 3 aromatic rings. The van der Waals surface area contributed by atoms with Gasteiger partial charge >= 0.3 is 12.1 Å². The van der Waals surface area contributed by atoms with Crippen molar-refractivity contribution in [2.45, 2.75) is 38.8 Å². The van der Waals surface area contributed by atoms with Crippen molar-refractivity contribution in [2.75, 3.05) is 7.11 Å². The summed E-state index contributed by atoms with van der Waals surface area (Å²) < 4.78 is 10.1. The molecule has 1 aromatic heterocycles. The van der Waals surface area contributed by atoms with Gasteiger partial charge in [-0.15, -0.1) is 0 Å². The first kappa shape index (κ1) is 20.4. The van der Waals surface area contributed by atoms with E-state index in [-0.39, 0.29) is 6.42 Å². The molecule has 1 atom stereocenters. The van der Waals surface area contributed by atoms with Gasteiger partial charge in [-0.2, -0.15) is 0 Å². The highest BCUT2D eigenvalue weighted by molar-refractivity contribution is 5.82. The molecule has 0 aliphatic carbocycles. The van der Waals surface area contributed by atoms with Crippen LogP contribution in [0.25, 0.3) is 22.4 Å². The number of nitrogens with one attached hydrogen (secondary N) is 2. The third-order valence-corrected chi connectivity index (χ3v) is 4.23. The summed E-state index contributed by atoms with van der Waals surface area (Å²) in [5, 5.41) is 2.58. The van der Waals surface area contributed by atoms with Gasteiger partial charge in [0, 0.05) is 12.0 Å². The van der Waals surface area contributed by atoms with Crippen molar-refractivity contribution in [1.82, 2.24) is 15.3 Å². The molecule has 1 heterocycles. The second-order valence-electron chi connectivity index (χ2n) is 7.73. The Morgan fingerprint density at radius 1 is 1.10 bits per heavy atom. The van der Waals surface area contributed by atoms with Crippen molar-refractivity contribution >= 4 is 23.1 Å². The van der Waals surface area contributed by atoms with E-state index in [1.54, 1.807) is 20.8 Å². The maximum Gasteiger partial charge on any atom is 0.408 e. The molecule has 1 amide bonds. The summed E-state index contributed by atoms with van der Waals surface area (Å²) >= 11 is 0. The molecule has 0 spiro atoms. The number of carbonyl (C=O) groups excluding carboxylic acids is 2. The van der Waals surface area contributed by atoms with Crippen molar-refractivity contribution in [3.05, 3.63) is 54.1 Å². The Labute approximate surface area is 169 Å². The average molecular weight is 395 g/mol. The van der Waals surface area contributed by atoms with Gasteiger partial charge in [0.2, 0.25) is 0 Å². The molecule has 0 bridgehead atoms. The lowest BCUT2D eigenvalue weighted by Crippen LogP contribution is -2.45. The SMILES string of the molecule is COC(=O)[C@H](Cc1ccc(-c2nc3ccccc3[nH]2)cc1)NC(=O)OC(C)(C)C. The number of ether oxygens (including phenoxy) is 2. The number of hydrogen-bond donors (Lipinski definition) is 2. The number of hydrogen-bond acceptors (Lipinski definition) is 5. The number of alkyl carbamates (subject to hydrolysis) is 1. The van der Waals surface area contributed by atoms with Crippen LogP contribution in [0.4, 0.5) is 4.79 Å². The zero-order valence-corrected chi connectivity index (χ0v) is 17.0. The van der Waals surface area contributed by atoms with Gasteiger partial charge in [-0.25, -0.2) is 14.6 Å². The molecular formula is C22H25N3O4. The van der Waals surface area contributed by atoms with E-state index in [1.807, 2.05) is 48.5 Å². The van der Waals surface area contributed by atoms with E-state index < -0.39 is 23.7 Å². The predicted octanol–water partition coefficient (Wildman–Crippen LogP) is 3.84. The molecule has 152 valence electrons. The van der Waals surface area contributed by atoms with Crippen LogP contribution in [-0.2, 0) is 20.7 Å². The highest BCUT2D eigenvalue weighted by Gasteiger charge is 2.25. The number of fused-ring (bicyclic) bond motifs is 1. The van der Waals surface area contributed by atoms with Gasteiger partial charge in [-0.1, -0.05) is 36.4 Å². The number of esters is 1. The monoisotopic (exact) mass is 395 g/mol. The van der Waals surface area contributed by atoms with E-state index in [1.165, 1.54) is 7.11 Å². The molecule has 0 aliphatic heterocycles. The van der Waals surface area contributed by atoms with Gasteiger partial charge in [0.1, 0.15) is 17.5 Å². The van der Waals surface area contributed by atoms with Crippen molar-refractivity contribution in [3.63, 3.8) is 0 Å². The van der Waals surface area contributed by atoms with Crippen LogP contribution in [0.5, 0.6) is 0 Å². The van der Waals surface area contributed by atoms with Gasteiger partial charge in [0.25, 0.3) is 0 Å². The molecule has 0 unspecified atom stereocenters. The average Bonchev–Trinajstić information content (AvgIpc) is 3.10. The van der Waals surface area contributed by atoms with E-state index in [2.05, 4.69) is 15.3 Å². The number of amides is 1. The normalized spacial score (nSPS) is 12.4. The van der Waals surface area contributed by atoms with Crippen molar-refractivity contribution in [2.24, 2.45) is 0 Å². The molecule has 2 aromatic carbocycles. The Hall–Kier alpha value is -3.35. The number of H-pyrrole nitrogens is 1. The van der Waals surface area contributed by atoms with E-state index >= 15 is 0 Å². The lowest BCUT2D eigenvalue weighted by Gasteiger charge is -2.22. The Kier molecular flexibility index (Phi) is 5.87. The molecule has 0 aliphatic rings. The fourth-order valence-corrected chi connectivity index (χ4v) is 2.91. The summed E-state index contributed by atoms with van der Waals surface area (Å²) in [6.07, 6.45) is -0.376. The first-order valence-electron chi connectivity index (χ1n) is 9.36. The Morgan fingerprint density at radius 2 is 1.79 bits per heavy atom. The molecule has 0 saturated heterocycles. The standard InChI is InChI=1S/C22H25N3O4/c1-22(2,3)29-21(27)25-18(20(26)28-4)13-14-9-11-15(12-10-14)19-23-16-7-5-6-8-17(16)24-19/h5-12,18H,13H2,1-4H3,(H,23,24)(H,25,27)/t18-/m0/s1. The smallest absolute Gasteiger partial charge is 0.408 e. The summed E-state index contributed by atoms with van der Waals surface area (Å²) in [5.74, 6) is 0.242. The van der Waals surface area contributed by atoms with Crippen LogP contribution in [0.3, 0.4) is 0 Å². The van der Waals surface area contributed by atoms with Crippen LogP contribution in [0, 0.1) is 0 Å². The second kappa shape index (κ2) is 8.34. The van der Waals surface area contributed by atoms with E-state index in [0.717, 1.165) is 28.0 Å². The van der Waals surface area contributed by atoms with Gasteiger partial charge in [0.15, 0.2) is 0 Å². The Balaban J connectivity index is 1.73. The number of aromatic nitrogens is 2. The van der Waals surface area contributed by atoms with Gasteiger partial charge in [0.05, 0.1) is 18.1 Å². The van der Waals surface area contributed by atoms with Crippen molar-refractivity contribution in [1.29, 1.82) is 0 Å². The van der Waals surface area contributed by atoms with Gasteiger partial charge in [-0.05, 0) is 38.5 Å². The molecule has 3 rings (SSSR count). The number of rotatable bonds is 5. The van der Waals surface area contributed by atoms with Crippen LogP contribution in [0.1, 0.15) is 26.3 Å². The highest BCUT2D eigenvalue weighted by atomic mass is 16.6. The zero-order valence-electron chi connectivity index (χ0n) is 17.0. The van der Waals surface area contributed by atoms with E-state index in [4.69, 9.17) is 9.47 Å². The Bertz CT molecular complexity index is 970. The number of methoxy groups -OCH3 is 1. The van der Waals surface area contributed by atoms with Crippen LogP contribution < -0.4 is 5.32 Å². The van der Waals surface area contributed by atoms with E-state index in [0.29, 0.717) is 0 Å². The third-order valence-electron chi connectivity index (χ3n) is 4.23. The molecular weight excluding hydrogens is 370 g/mol. The minimum Gasteiger partial charge on any atom is -0.467 e. The largest absolute Gasteiger partial charge is 0.467 e. The van der Waals surface area contributed by atoms with E-state index in [9.17, 15) is 9.59 Å². The van der Waals surface area contributed by atoms with Crippen LogP contribution >= 0.6 is 0 Å². The third kappa shape index (κ3) is 5.34. The molecule has 2 N–H and O–H groups in total.